The average Bonchev–Trinajstić information content (AvgIpc) is 2.55. The number of halogens is 2. The molecule has 8 heteroatoms. The maximum absolute atomic E-state index is 14.2. The molecule has 1 aliphatic heterocycles. The van der Waals surface area contributed by atoms with E-state index in [-0.39, 0.29) is 38.3 Å². The van der Waals surface area contributed by atoms with Crippen LogP contribution in [0.2, 0.25) is 0 Å². The van der Waals surface area contributed by atoms with Crippen LogP contribution < -0.4 is 5.32 Å². The third-order valence-electron chi connectivity index (χ3n) is 5.69. The average molecular weight is 373 g/mol. The van der Waals surface area contributed by atoms with Crippen molar-refractivity contribution < 1.29 is 23.8 Å². The zero-order valence-electron chi connectivity index (χ0n) is 15.9. The molecular formula is C18H29F2N3O3. The van der Waals surface area contributed by atoms with Gasteiger partial charge < -0.3 is 15.5 Å². The Balaban J connectivity index is 2.14. The van der Waals surface area contributed by atoms with Crippen LogP contribution in [0.4, 0.5) is 13.6 Å². The van der Waals surface area contributed by atoms with E-state index in [1.54, 1.807) is 27.7 Å². The summed E-state index contributed by atoms with van der Waals surface area (Å²) in [4.78, 5) is 17.0. The number of hydrogen-bond acceptors (Lipinski definition) is 4. The van der Waals surface area contributed by atoms with Gasteiger partial charge in [0, 0.05) is 18.4 Å². The molecule has 0 spiro atoms. The minimum atomic E-state index is -2.72. The van der Waals surface area contributed by atoms with E-state index in [4.69, 9.17) is 0 Å². The molecule has 2 atom stereocenters. The first-order valence-electron chi connectivity index (χ1n) is 9.01. The topological polar surface area (TPSA) is 85.2 Å². The zero-order valence-corrected chi connectivity index (χ0v) is 15.9. The third-order valence-corrected chi connectivity index (χ3v) is 5.69. The summed E-state index contributed by atoms with van der Waals surface area (Å²) in [7, 11) is 0. The number of carboxylic acid groups (broad SMARTS) is 1. The predicted octanol–water partition coefficient (Wildman–Crippen LogP) is 3.43. The molecule has 1 aliphatic carbocycles. The van der Waals surface area contributed by atoms with E-state index < -0.39 is 23.0 Å². The van der Waals surface area contributed by atoms with Crippen LogP contribution in [0.25, 0.3) is 0 Å². The Labute approximate surface area is 153 Å². The lowest BCUT2D eigenvalue weighted by molar-refractivity contribution is -0.155. The van der Waals surface area contributed by atoms with Crippen molar-refractivity contribution in [1.82, 2.24) is 10.2 Å². The van der Waals surface area contributed by atoms with Crippen LogP contribution >= 0.6 is 0 Å². The first kappa shape index (κ1) is 20.6. The highest BCUT2D eigenvalue weighted by molar-refractivity contribution is 5.97. The van der Waals surface area contributed by atoms with Crippen LogP contribution in [0.1, 0.15) is 53.4 Å². The number of amidine groups is 1. The molecule has 1 unspecified atom stereocenters. The number of hydrogen-bond donors (Lipinski definition) is 3. The quantitative estimate of drug-likeness (QED) is 0.705. The zero-order chi connectivity index (χ0) is 19.8. The van der Waals surface area contributed by atoms with E-state index in [0.717, 1.165) is 4.90 Å². The van der Waals surface area contributed by atoms with Gasteiger partial charge in [0.2, 0.25) is 0 Å². The van der Waals surface area contributed by atoms with Gasteiger partial charge in [0.25, 0.3) is 5.92 Å². The number of nitrogens with zero attached hydrogens (tertiary/aromatic N) is 2. The Morgan fingerprint density at radius 3 is 2.62 bits per heavy atom. The lowest BCUT2D eigenvalue weighted by Gasteiger charge is -2.45. The van der Waals surface area contributed by atoms with Crippen molar-refractivity contribution >= 4 is 11.9 Å². The molecule has 0 aromatic rings. The molecule has 2 aliphatic rings. The van der Waals surface area contributed by atoms with Gasteiger partial charge in [-0.05, 0) is 39.0 Å². The van der Waals surface area contributed by atoms with Crippen molar-refractivity contribution in [2.45, 2.75) is 64.9 Å². The van der Waals surface area contributed by atoms with E-state index in [0.29, 0.717) is 18.0 Å². The number of aliphatic hydroxyl groups is 1. The number of aliphatic imine (C=N–C) groups is 1. The van der Waals surface area contributed by atoms with Gasteiger partial charge in [0.1, 0.15) is 5.84 Å². The van der Waals surface area contributed by atoms with Crippen molar-refractivity contribution in [3.8, 4) is 0 Å². The summed E-state index contributed by atoms with van der Waals surface area (Å²) < 4.78 is 28.5. The predicted molar refractivity (Wildman–Crippen MR) is 95.2 cm³/mol. The Morgan fingerprint density at radius 2 is 2.15 bits per heavy atom. The van der Waals surface area contributed by atoms with Gasteiger partial charge in [0.05, 0.1) is 24.0 Å². The standard InChI is InChI=1S/C18H29F2N3O3/c1-5-17(4)8-12(6-7-18(17,19)20)11-23(15(24)25)14-10-21-13(9-22-14)16(2,3)26/h9,12,21,26H,5-8,10-11H2,1-4H3,(H,24,25)/t12?,17-/m1/s1. The molecule has 1 fully saturated rings. The molecule has 3 N–H and O–H groups in total. The highest BCUT2D eigenvalue weighted by Gasteiger charge is 2.52. The van der Waals surface area contributed by atoms with Crippen molar-refractivity contribution in [3.05, 3.63) is 11.9 Å². The fourth-order valence-electron chi connectivity index (χ4n) is 3.63. The maximum atomic E-state index is 14.2. The van der Waals surface area contributed by atoms with Crippen LogP contribution in [0.3, 0.4) is 0 Å². The third kappa shape index (κ3) is 4.16. The summed E-state index contributed by atoms with van der Waals surface area (Å²) in [5.74, 6) is -2.56. The second-order valence-electron chi connectivity index (χ2n) is 8.12. The van der Waals surface area contributed by atoms with Crippen LogP contribution in [0.5, 0.6) is 0 Å². The smallest absolute Gasteiger partial charge is 0.412 e. The Kier molecular flexibility index (Phi) is 5.66. The molecule has 6 nitrogen and oxygen atoms in total. The van der Waals surface area contributed by atoms with E-state index in [1.165, 1.54) is 6.20 Å². The largest absolute Gasteiger partial charge is 0.465 e. The fourth-order valence-corrected chi connectivity index (χ4v) is 3.63. The molecule has 2 rings (SSSR count). The SMILES string of the molecule is CC[C@]1(C)CC(CN(C(=O)O)C2=NC=C(C(C)(C)O)NC2)CCC1(F)F. The summed E-state index contributed by atoms with van der Waals surface area (Å²) in [6.07, 6.45) is 0.970. The number of nitrogens with one attached hydrogen (secondary N) is 1. The van der Waals surface area contributed by atoms with Gasteiger partial charge >= 0.3 is 6.09 Å². The second-order valence-corrected chi connectivity index (χ2v) is 8.12. The molecule has 1 saturated carbocycles. The Bertz CT molecular complexity index is 613. The van der Waals surface area contributed by atoms with E-state index in [9.17, 15) is 23.8 Å². The monoisotopic (exact) mass is 373 g/mol. The minimum Gasteiger partial charge on any atom is -0.465 e. The highest BCUT2D eigenvalue weighted by Crippen LogP contribution is 2.52. The van der Waals surface area contributed by atoms with Crippen LogP contribution in [0, 0.1) is 11.3 Å². The van der Waals surface area contributed by atoms with E-state index in [2.05, 4.69) is 10.3 Å². The molecule has 0 aromatic carbocycles. The summed E-state index contributed by atoms with van der Waals surface area (Å²) in [5, 5.41) is 22.5. The normalized spacial score (nSPS) is 28.7. The summed E-state index contributed by atoms with van der Waals surface area (Å²) in [5.41, 5.74) is -1.70. The fraction of sp³-hybridized carbons (Fsp3) is 0.778. The lowest BCUT2D eigenvalue weighted by Crippen LogP contribution is -2.50. The number of rotatable bonds is 4. The molecule has 0 aromatic heterocycles. The van der Waals surface area contributed by atoms with Crippen molar-refractivity contribution in [3.63, 3.8) is 0 Å². The number of amides is 1. The molecule has 1 heterocycles. The van der Waals surface area contributed by atoms with Gasteiger partial charge in [-0.15, -0.1) is 0 Å². The second kappa shape index (κ2) is 7.13. The highest BCUT2D eigenvalue weighted by atomic mass is 19.3. The van der Waals surface area contributed by atoms with Gasteiger partial charge in [-0.2, -0.15) is 0 Å². The molecule has 1 amide bonds. The van der Waals surface area contributed by atoms with Gasteiger partial charge in [0.15, 0.2) is 0 Å². The summed E-state index contributed by atoms with van der Waals surface area (Å²) in [6, 6.07) is 0. The molecule has 0 bridgehead atoms. The minimum absolute atomic E-state index is 0.141. The number of alkyl halides is 2. The first-order valence-corrected chi connectivity index (χ1v) is 9.01. The first-order chi connectivity index (χ1) is 11.9. The van der Waals surface area contributed by atoms with Crippen molar-refractivity contribution in [2.75, 3.05) is 13.1 Å². The molecule has 148 valence electrons. The molecule has 26 heavy (non-hydrogen) atoms. The van der Waals surface area contributed by atoms with E-state index in [1.807, 2.05) is 0 Å². The van der Waals surface area contributed by atoms with E-state index >= 15 is 0 Å². The van der Waals surface area contributed by atoms with Crippen LogP contribution in [-0.4, -0.2) is 51.7 Å². The maximum Gasteiger partial charge on any atom is 0.412 e. The summed E-state index contributed by atoms with van der Waals surface area (Å²) in [6.45, 7) is 6.86. The van der Waals surface area contributed by atoms with Gasteiger partial charge in [-0.25, -0.2) is 18.6 Å². The molecule has 0 saturated heterocycles. The molecular weight excluding hydrogens is 344 g/mol. The van der Waals surface area contributed by atoms with Gasteiger partial charge in [-0.1, -0.05) is 13.8 Å². The van der Waals surface area contributed by atoms with Crippen LogP contribution in [0.15, 0.2) is 16.9 Å². The summed E-state index contributed by atoms with van der Waals surface area (Å²) >= 11 is 0. The number of carbonyl (C=O) groups is 1. The van der Waals surface area contributed by atoms with Crippen molar-refractivity contribution in [1.29, 1.82) is 0 Å². The Hall–Kier alpha value is -1.70. The van der Waals surface area contributed by atoms with Gasteiger partial charge in [-0.3, -0.25) is 4.90 Å². The lowest BCUT2D eigenvalue weighted by atomic mass is 9.66. The van der Waals surface area contributed by atoms with Crippen molar-refractivity contribution in [2.24, 2.45) is 16.3 Å². The van der Waals surface area contributed by atoms with Crippen LogP contribution in [-0.2, 0) is 0 Å². The Morgan fingerprint density at radius 1 is 1.50 bits per heavy atom. The molecule has 0 radical (unpaired) electrons.